The Morgan fingerprint density at radius 3 is 2.73 bits per heavy atom. The second-order valence-corrected chi connectivity index (χ2v) is 6.01. The summed E-state index contributed by atoms with van der Waals surface area (Å²) in [6.07, 6.45) is 6.83. The summed E-state index contributed by atoms with van der Waals surface area (Å²) in [4.78, 5) is 20.3. The van der Waals surface area contributed by atoms with E-state index in [1.165, 1.54) is 13.4 Å². The molecule has 9 nitrogen and oxygen atoms in total. The number of halogens is 1. The average Bonchev–Trinajstić information content (AvgIpc) is 2.71. The number of carboxylic acid groups (broad SMARTS) is 1. The van der Waals surface area contributed by atoms with Crippen LogP contribution < -0.4 is 21.1 Å². The van der Waals surface area contributed by atoms with E-state index in [1.54, 1.807) is 24.3 Å². The van der Waals surface area contributed by atoms with Crippen LogP contribution in [0.2, 0.25) is 0 Å². The number of aromatic nitrogens is 2. The van der Waals surface area contributed by atoms with Crippen molar-refractivity contribution >= 4 is 46.7 Å². The van der Waals surface area contributed by atoms with Crippen LogP contribution in [0.15, 0.2) is 42.7 Å². The molecule has 0 saturated heterocycles. The van der Waals surface area contributed by atoms with Crippen molar-refractivity contribution < 1.29 is 14.6 Å². The minimum absolute atomic E-state index is 0. The van der Waals surface area contributed by atoms with Crippen LogP contribution in [0.4, 0.5) is 11.5 Å². The smallest absolute Gasteiger partial charge is 0.331 e. The Kier molecular flexibility index (Phi) is 7.01. The number of hydrogen-bond acceptors (Lipinski definition) is 6. The van der Waals surface area contributed by atoms with Crippen molar-refractivity contribution in [2.75, 3.05) is 12.4 Å². The van der Waals surface area contributed by atoms with Crippen LogP contribution in [0.25, 0.3) is 10.9 Å². The van der Waals surface area contributed by atoms with Crippen LogP contribution in [0, 0.1) is 17.8 Å². The van der Waals surface area contributed by atoms with E-state index in [0.717, 1.165) is 5.69 Å². The minimum Gasteiger partial charge on any atom is -0.496 e. The molecule has 1 unspecified atom stereocenters. The summed E-state index contributed by atoms with van der Waals surface area (Å²) in [7, 11) is 1.42. The van der Waals surface area contributed by atoms with Crippen LogP contribution in [0.5, 0.6) is 5.75 Å². The lowest BCUT2D eigenvalue weighted by molar-refractivity contribution is -0.139. The number of methoxy groups -OCH3 is 1. The summed E-state index contributed by atoms with van der Waals surface area (Å²) >= 11 is 0. The van der Waals surface area contributed by atoms with Crippen molar-refractivity contribution in [1.29, 1.82) is 5.41 Å². The number of fused-ring (bicyclic) bond motifs is 1. The zero-order valence-electron chi connectivity index (χ0n) is 15.8. The van der Waals surface area contributed by atoms with Gasteiger partial charge in [-0.25, -0.2) is 14.8 Å². The number of benzene rings is 2. The van der Waals surface area contributed by atoms with Crippen molar-refractivity contribution in [3.63, 3.8) is 0 Å². The van der Waals surface area contributed by atoms with E-state index in [2.05, 4.69) is 26.5 Å². The highest BCUT2D eigenvalue weighted by Gasteiger charge is 2.25. The van der Waals surface area contributed by atoms with Gasteiger partial charge in [-0.05, 0) is 24.3 Å². The summed E-state index contributed by atoms with van der Waals surface area (Å²) in [6, 6.07) is 9.14. The molecule has 154 valence electrons. The third-order valence-corrected chi connectivity index (χ3v) is 4.14. The summed E-state index contributed by atoms with van der Waals surface area (Å²) in [6.45, 7) is 0. The molecule has 0 bridgehead atoms. The van der Waals surface area contributed by atoms with Crippen molar-refractivity contribution in [2.45, 2.75) is 6.04 Å². The third-order valence-electron chi connectivity index (χ3n) is 4.14. The minimum atomic E-state index is -1.29. The maximum Gasteiger partial charge on any atom is 0.331 e. The fraction of sp³-hybridized carbons (Fsp3) is 0.100. The molecule has 6 N–H and O–H groups in total. The van der Waals surface area contributed by atoms with Crippen molar-refractivity contribution in [3.8, 4) is 18.1 Å². The highest BCUT2D eigenvalue weighted by atomic mass is 35.5. The predicted octanol–water partition coefficient (Wildman–Crippen LogP) is 2.39. The molecule has 1 atom stereocenters. The highest BCUT2D eigenvalue weighted by Crippen LogP contribution is 2.33. The topological polar surface area (TPSA) is 146 Å². The van der Waals surface area contributed by atoms with E-state index < -0.39 is 18.0 Å². The van der Waals surface area contributed by atoms with E-state index in [-0.39, 0.29) is 23.7 Å². The first-order valence-corrected chi connectivity index (χ1v) is 8.42. The van der Waals surface area contributed by atoms with Gasteiger partial charge in [-0.1, -0.05) is 12.0 Å². The Balaban J connectivity index is 0.00000320. The standard InChI is InChI=1S/C20H18N6O3.ClH/c1-3-11-5-4-6-12(7-11)25-18-13-8-14(17(19(27)28)26-20(21)22)16(29-2)9-15(13)23-10-24-18;/h1,4-10,17H,2H3,(H,27,28)(H4,21,22,26)(H,23,24,25);1H. The van der Waals surface area contributed by atoms with Crippen molar-refractivity contribution in [3.05, 3.63) is 53.9 Å². The lowest BCUT2D eigenvalue weighted by atomic mass is 10.0. The van der Waals surface area contributed by atoms with Gasteiger partial charge in [0.15, 0.2) is 12.0 Å². The lowest BCUT2D eigenvalue weighted by Gasteiger charge is -2.19. The predicted molar refractivity (Wildman–Crippen MR) is 116 cm³/mol. The van der Waals surface area contributed by atoms with Gasteiger partial charge in [-0.3, -0.25) is 5.41 Å². The van der Waals surface area contributed by atoms with Crippen LogP contribution >= 0.6 is 12.4 Å². The molecule has 3 aromatic rings. The van der Waals surface area contributed by atoms with E-state index in [0.29, 0.717) is 22.3 Å². The molecule has 0 aliphatic rings. The first-order chi connectivity index (χ1) is 13.9. The van der Waals surface area contributed by atoms with Crippen LogP contribution in [0.3, 0.4) is 0 Å². The van der Waals surface area contributed by atoms with Gasteiger partial charge in [0.05, 0.1) is 12.6 Å². The number of carbonyl (C=O) groups is 1. The molecule has 0 amide bonds. The van der Waals surface area contributed by atoms with Gasteiger partial charge in [0, 0.05) is 28.3 Å². The molecule has 0 aliphatic heterocycles. The number of guanidine groups is 1. The molecule has 10 heteroatoms. The number of rotatable bonds is 6. The maximum atomic E-state index is 11.8. The number of nitrogens with two attached hydrogens (primary N) is 1. The summed E-state index contributed by atoms with van der Waals surface area (Å²) in [5.74, 6) is 1.62. The van der Waals surface area contributed by atoms with E-state index >= 15 is 0 Å². The second-order valence-electron chi connectivity index (χ2n) is 6.01. The zero-order chi connectivity index (χ0) is 21.0. The molecule has 1 aromatic heterocycles. The van der Waals surface area contributed by atoms with Gasteiger partial charge in [0.1, 0.15) is 17.9 Å². The molecule has 0 aliphatic carbocycles. The highest BCUT2D eigenvalue weighted by molar-refractivity contribution is 5.94. The molecular weight excluding hydrogens is 408 g/mol. The molecule has 0 fully saturated rings. The van der Waals surface area contributed by atoms with Gasteiger partial charge in [0.2, 0.25) is 0 Å². The van der Waals surface area contributed by atoms with Gasteiger partial charge < -0.3 is 26.2 Å². The SMILES string of the molecule is C#Cc1cccc(Nc2ncnc3cc(OC)c(C(NC(=N)N)C(=O)O)cc23)c1.Cl. The molecule has 1 heterocycles. The van der Waals surface area contributed by atoms with Gasteiger partial charge in [0.25, 0.3) is 0 Å². The number of anilines is 2. The summed E-state index contributed by atoms with van der Waals surface area (Å²) < 4.78 is 5.34. The maximum absolute atomic E-state index is 11.8. The fourth-order valence-corrected chi connectivity index (χ4v) is 2.85. The molecule has 3 rings (SSSR count). The Hall–Kier alpha value is -4.03. The number of terminal acetylenes is 1. The van der Waals surface area contributed by atoms with Gasteiger partial charge >= 0.3 is 5.97 Å². The Morgan fingerprint density at radius 1 is 1.33 bits per heavy atom. The largest absolute Gasteiger partial charge is 0.496 e. The summed E-state index contributed by atoms with van der Waals surface area (Å²) in [5.41, 5.74) is 7.59. The van der Waals surface area contributed by atoms with Gasteiger partial charge in [-0.15, -0.1) is 18.8 Å². The Bertz CT molecular complexity index is 1150. The Labute approximate surface area is 178 Å². The summed E-state index contributed by atoms with van der Waals surface area (Å²) in [5, 5.41) is 23.1. The normalized spacial score (nSPS) is 10.9. The number of hydrogen-bond donors (Lipinski definition) is 5. The van der Waals surface area contributed by atoms with Crippen LogP contribution in [0.1, 0.15) is 17.2 Å². The molecule has 30 heavy (non-hydrogen) atoms. The zero-order valence-corrected chi connectivity index (χ0v) is 16.7. The van der Waals surface area contributed by atoms with Crippen molar-refractivity contribution in [2.24, 2.45) is 5.73 Å². The number of nitrogens with zero attached hydrogens (tertiary/aromatic N) is 2. The molecule has 0 spiro atoms. The molecule has 2 aromatic carbocycles. The number of carboxylic acids is 1. The first kappa shape index (κ1) is 22.3. The lowest BCUT2D eigenvalue weighted by Crippen LogP contribution is -2.38. The molecule has 0 saturated carbocycles. The van der Waals surface area contributed by atoms with Crippen LogP contribution in [-0.4, -0.2) is 34.1 Å². The van der Waals surface area contributed by atoms with E-state index in [1.807, 2.05) is 12.1 Å². The third kappa shape index (κ3) is 4.68. The fourth-order valence-electron chi connectivity index (χ4n) is 2.85. The number of ether oxygens (including phenoxy) is 1. The second kappa shape index (κ2) is 9.45. The number of aliphatic carboxylic acids is 1. The first-order valence-electron chi connectivity index (χ1n) is 8.42. The molecule has 0 radical (unpaired) electrons. The molecular formula is C20H19ClN6O3. The average molecular weight is 427 g/mol. The van der Waals surface area contributed by atoms with Crippen molar-refractivity contribution in [1.82, 2.24) is 15.3 Å². The quantitative estimate of drug-likeness (QED) is 0.229. The van der Waals surface area contributed by atoms with E-state index in [9.17, 15) is 9.90 Å². The van der Waals surface area contributed by atoms with Crippen LogP contribution in [-0.2, 0) is 4.79 Å². The van der Waals surface area contributed by atoms with Gasteiger partial charge in [-0.2, -0.15) is 0 Å². The number of nitrogens with one attached hydrogen (secondary N) is 3. The van der Waals surface area contributed by atoms with E-state index in [4.69, 9.17) is 22.3 Å². The Morgan fingerprint density at radius 2 is 2.10 bits per heavy atom. The monoisotopic (exact) mass is 426 g/mol.